The maximum atomic E-state index is 13.5. The Morgan fingerprint density at radius 2 is 1.35 bits per heavy atom. The molecule has 0 amide bonds. The lowest BCUT2D eigenvalue weighted by molar-refractivity contribution is -0.416. The van der Waals surface area contributed by atoms with E-state index in [1.807, 2.05) is 0 Å². The van der Waals surface area contributed by atoms with Crippen LogP contribution >= 0.6 is 0 Å². The largest absolute Gasteiger partial charge is 0.460 e. The van der Waals surface area contributed by atoms with E-state index in [1.165, 1.54) is 0 Å². The van der Waals surface area contributed by atoms with E-state index >= 15 is 0 Å². The van der Waals surface area contributed by atoms with Crippen LogP contribution < -0.4 is 0 Å². The van der Waals surface area contributed by atoms with Crippen LogP contribution in [0.5, 0.6) is 0 Å². The number of rotatable bonds is 6. The molecule has 0 aliphatic rings. The van der Waals surface area contributed by atoms with Crippen molar-refractivity contribution in [1.29, 1.82) is 0 Å². The molecular weight excluding hydrogens is 351 g/mol. The summed E-state index contributed by atoms with van der Waals surface area (Å²) in [5.74, 6) is -21.9. The van der Waals surface area contributed by atoms with Crippen molar-refractivity contribution in [3.05, 3.63) is 12.2 Å². The van der Waals surface area contributed by atoms with Gasteiger partial charge in [0.05, 0.1) is 0 Å². The fraction of sp³-hybridized carbons (Fsp3) is 0.727. The van der Waals surface area contributed by atoms with Gasteiger partial charge < -0.3 is 9.84 Å². The normalized spacial score (nSPS) is 16.7. The number of carbonyl (C=O) groups is 1. The number of carbonyl (C=O) groups excluding carboxylic acids is 1. The van der Waals surface area contributed by atoms with Gasteiger partial charge in [0.2, 0.25) is 0 Å². The number of esters is 1. The van der Waals surface area contributed by atoms with E-state index in [0.29, 0.717) is 0 Å². The summed E-state index contributed by atoms with van der Waals surface area (Å²) in [5.41, 5.74) is -4.65. The average Bonchev–Trinajstić information content (AvgIpc) is 2.33. The van der Waals surface area contributed by atoms with Gasteiger partial charge in [-0.1, -0.05) is 6.58 Å². The number of alkyl halides is 9. The molecule has 23 heavy (non-hydrogen) atoms. The van der Waals surface area contributed by atoms with Crippen molar-refractivity contribution in [2.24, 2.45) is 0 Å². The first-order valence-electron chi connectivity index (χ1n) is 5.58. The van der Waals surface area contributed by atoms with Crippen molar-refractivity contribution in [1.82, 2.24) is 0 Å². The van der Waals surface area contributed by atoms with Crippen LogP contribution in [0, 0.1) is 0 Å². The maximum absolute atomic E-state index is 13.5. The van der Waals surface area contributed by atoms with Gasteiger partial charge in [0.15, 0.2) is 5.60 Å². The Kier molecular flexibility index (Phi) is 5.50. The van der Waals surface area contributed by atoms with Gasteiger partial charge >= 0.3 is 29.9 Å². The van der Waals surface area contributed by atoms with E-state index in [2.05, 4.69) is 11.3 Å². The predicted octanol–water partition coefficient (Wildman–Crippen LogP) is 3.32. The fourth-order valence-corrected chi connectivity index (χ4v) is 1.13. The summed E-state index contributed by atoms with van der Waals surface area (Å²) in [5, 5.41) is 9.20. The van der Waals surface area contributed by atoms with Gasteiger partial charge in [-0.05, 0) is 13.8 Å². The molecular formula is C11H11F9O3. The summed E-state index contributed by atoms with van der Waals surface area (Å²) in [4.78, 5) is 10.9. The first-order chi connectivity index (χ1) is 9.83. The predicted molar refractivity (Wildman–Crippen MR) is 57.3 cm³/mol. The van der Waals surface area contributed by atoms with Gasteiger partial charge in [-0.3, -0.25) is 0 Å². The molecule has 1 N–H and O–H groups in total. The van der Waals surface area contributed by atoms with Crippen molar-refractivity contribution >= 4 is 5.97 Å². The molecule has 0 bridgehead atoms. The van der Waals surface area contributed by atoms with Crippen LogP contribution in [-0.2, 0) is 9.53 Å². The third-order valence-corrected chi connectivity index (χ3v) is 2.65. The standard InChI is InChI=1S/C11H11F9O3/c1-5(2)6(21)23-4-7(3,22)8(12,13)9(14,15)10(16,17)11(18,19)20/h22H,1,4H2,2-3H3. The highest BCUT2D eigenvalue weighted by molar-refractivity contribution is 5.86. The highest BCUT2D eigenvalue weighted by Gasteiger charge is 2.85. The Morgan fingerprint density at radius 1 is 0.957 bits per heavy atom. The molecule has 0 heterocycles. The fourth-order valence-electron chi connectivity index (χ4n) is 1.13. The molecule has 136 valence electrons. The molecule has 0 aliphatic heterocycles. The topological polar surface area (TPSA) is 46.5 Å². The molecule has 1 atom stereocenters. The van der Waals surface area contributed by atoms with E-state index in [9.17, 15) is 49.4 Å². The second kappa shape index (κ2) is 5.87. The lowest BCUT2D eigenvalue weighted by Gasteiger charge is -2.40. The minimum atomic E-state index is -7.15. The Morgan fingerprint density at radius 3 is 1.65 bits per heavy atom. The minimum absolute atomic E-state index is 0.181. The summed E-state index contributed by atoms with van der Waals surface area (Å²) in [7, 11) is 0. The molecule has 0 fully saturated rings. The van der Waals surface area contributed by atoms with Crippen LogP contribution in [0.4, 0.5) is 39.5 Å². The number of hydrogen-bond acceptors (Lipinski definition) is 3. The molecule has 0 radical (unpaired) electrons. The minimum Gasteiger partial charge on any atom is -0.459 e. The number of hydrogen-bond donors (Lipinski definition) is 1. The molecule has 12 heteroatoms. The van der Waals surface area contributed by atoms with E-state index in [4.69, 9.17) is 0 Å². The van der Waals surface area contributed by atoms with Crippen LogP contribution in [0.3, 0.4) is 0 Å². The van der Waals surface area contributed by atoms with E-state index in [1.54, 1.807) is 0 Å². The molecule has 0 saturated heterocycles. The second-order valence-electron chi connectivity index (χ2n) is 4.85. The Labute approximate surface area is 123 Å². The maximum Gasteiger partial charge on any atom is 0.460 e. The first kappa shape index (κ1) is 21.5. The smallest absolute Gasteiger partial charge is 0.459 e. The lowest BCUT2D eigenvalue weighted by atomic mass is 9.89. The zero-order valence-corrected chi connectivity index (χ0v) is 11.6. The molecule has 0 spiro atoms. The zero-order chi connectivity index (χ0) is 19.1. The molecule has 0 aromatic carbocycles. The Hall–Kier alpha value is -1.46. The SMILES string of the molecule is C=C(C)C(=O)OCC(C)(O)C(F)(F)C(F)(F)C(F)(F)C(F)(F)F. The molecule has 0 rings (SSSR count). The highest BCUT2D eigenvalue weighted by atomic mass is 19.4. The van der Waals surface area contributed by atoms with Gasteiger partial charge in [-0.25, -0.2) is 4.79 Å². The van der Waals surface area contributed by atoms with Gasteiger partial charge in [0.25, 0.3) is 0 Å². The van der Waals surface area contributed by atoms with Crippen LogP contribution in [0.1, 0.15) is 13.8 Å². The molecule has 0 aliphatic carbocycles. The van der Waals surface area contributed by atoms with Crippen molar-refractivity contribution in [2.75, 3.05) is 6.61 Å². The highest BCUT2D eigenvalue weighted by Crippen LogP contribution is 2.56. The molecule has 3 nitrogen and oxygen atoms in total. The summed E-state index contributed by atoms with van der Waals surface area (Å²) >= 11 is 0. The molecule has 0 saturated carbocycles. The quantitative estimate of drug-likeness (QED) is 0.448. The summed E-state index contributed by atoms with van der Waals surface area (Å²) in [6, 6.07) is 0. The van der Waals surface area contributed by atoms with E-state index < -0.39 is 47.7 Å². The molecule has 1 unspecified atom stereocenters. The van der Waals surface area contributed by atoms with Crippen LogP contribution in [-0.4, -0.2) is 47.2 Å². The lowest BCUT2D eigenvalue weighted by Crippen LogP contribution is -2.68. The Bertz CT molecular complexity index is 480. The van der Waals surface area contributed by atoms with Gasteiger partial charge in [-0.2, -0.15) is 39.5 Å². The third-order valence-electron chi connectivity index (χ3n) is 2.65. The third kappa shape index (κ3) is 3.56. The molecule has 0 aromatic rings. The summed E-state index contributed by atoms with van der Waals surface area (Å²) in [6.07, 6.45) is -7.01. The van der Waals surface area contributed by atoms with Crippen molar-refractivity contribution in [3.8, 4) is 0 Å². The van der Waals surface area contributed by atoms with E-state index in [0.717, 1.165) is 6.92 Å². The van der Waals surface area contributed by atoms with E-state index in [-0.39, 0.29) is 6.92 Å². The van der Waals surface area contributed by atoms with Crippen LogP contribution in [0.15, 0.2) is 12.2 Å². The van der Waals surface area contributed by atoms with Crippen molar-refractivity contribution in [3.63, 3.8) is 0 Å². The summed E-state index contributed by atoms with van der Waals surface area (Å²) in [6.45, 7) is 1.82. The first-order valence-corrected chi connectivity index (χ1v) is 5.58. The second-order valence-corrected chi connectivity index (χ2v) is 4.85. The average molecular weight is 362 g/mol. The van der Waals surface area contributed by atoms with Gasteiger partial charge in [0.1, 0.15) is 6.61 Å². The van der Waals surface area contributed by atoms with Crippen molar-refractivity contribution in [2.45, 2.75) is 43.4 Å². The monoisotopic (exact) mass is 362 g/mol. The summed E-state index contributed by atoms with van der Waals surface area (Å²) < 4.78 is 118. The number of halogens is 9. The number of ether oxygens (including phenoxy) is 1. The number of aliphatic hydroxyl groups is 1. The molecule has 0 aromatic heterocycles. The Balaban J connectivity index is 5.66. The van der Waals surface area contributed by atoms with Crippen molar-refractivity contribution < 1.29 is 54.2 Å². The zero-order valence-electron chi connectivity index (χ0n) is 11.6. The van der Waals surface area contributed by atoms with Crippen LogP contribution in [0.25, 0.3) is 0 Å². The van der Waals surface area contributed by atoms with Crippen LogP contribution in [0.2, 0.25) is 0 Å². The van der Waals surface area contributed by atoms with Gasteiger partial charge in [0, 0.05) is 5.57 Å². The van der Waals surface area contributed by atoms with Gasteiger partial charge in [-0.15, -0.1) is 0 Å².